The van der Waals surface area contributed by atoms with E-state index in [1.807, 2.05) is 0 Å². The minimum absolute atomic E-state index is 0.224. The van der Waals surface area contributed by atoms with Gasteiger partial charge in [0.1, 0.15) is 18.1 Å². The first-order valence-electron chi connectivity index (χ1n) is 11.1. The van der Waals surface area contributed by atoms with Gasteiger partial charge in [-0.3, -0.25) is 19.2 Å². The maximum Gasteiger partial charge on any atom is 0.326 e. The minimum atomic E-state index is -1.64. The molecule has 5 unspecified atom stereocenters. The highest BCUT2D eigenvalue weighted by atomic mass is 16.4. The second-order valence-electron chi connectivity index (χ2n) is 8.45. The number of hydrogen-bond donors (Lipinski definition) is 6. The van der Waals surface area contributed by atoms with Gasteiger partial charge in [0, 0.05) is 24.9 Å². The molecule has 2 heterocycles. The molecular formula is C21H32N6O7. The number of nitrogens with zero attached hydrogens (tertiary/aromatic N) is 2. The van der Waals surface area contributed by atoms with E-state index < -0.39 is 60.2 Å². The van der Waals surface area contributed by atoms with Gasteiger partial charge in [0.2, 0.25) is 17.7 Å². The molecule has 1 aliphatic rings. The van der Waals surface area contributed by atoms with Crippen LogP contribution < -0.4 is 16.4 Å². The highest BCUT2D eigenvalue weighted by Gasteiger charge is 2.39. The highest BCUT2D eigenvalue weighted by Crippen LogP contribution is 2.20. The zero-order chi connectivity index (χ0) is 25.4. The summed E-state index contributed by atoms with van der Waals surface area (Å²) in [5.41, 5.74) is 6.74. The first-order chi connectivity index (χ1) is 16.0. The molecule has 1 aromatic rings. The molecular weight excluding hydrogens is 448 g/mol. The summed E-state index contributed by atoms with van der Waals surface area (Å²) < 4.78 is 0. The van der Waals surface area contributed by atoms with Crippen molar-refractivity contribution in [2.75, 3.05) is 6.54 Å². The van der Waals surface area contributed by atoms with Crippen LogP contribution in [0.15, 0.2) is 12.5 Å². The van der Waals surface area contributed by atoms with Crippen LogP contribution in [0.2, 0.25) is 0 Å². The number of aromatic amines is 1. The van der Waals surface area contributed by atoms with Crippen molar-refractivity contribution in [3.05, 3.63) is 18.2 Å². The molecule has 0 aromatic carbocycles. The average molecular weight is 481 g/mol. The number of carbonyl (C=O) groups excluding carboxylic acids is 3. The normalized spacial score (nSPS) is 19.0. The van der Waals surface area contributed by atoms with Gasteiger partial charge in [-0.1, -0.05) is 20.3 Å². The number of likely N-dealkylation sites (tertiary alicyclic amines) is 1. The fourth-order valence-corrected chi connectivity index (χ4v) is 3.82. The van der Waals surface area contributed by atoms with Gasteiger partial charge >= 0.3 is 11.9 Å². The number of carbonyl (C=O) groups is 5. The number of amides is 3. The van der Waals surface area contributed by atoms with E-state index in [0.717, 1.165) is 0 Å². The molecule has 0 saturated carbocycles. The van der Waals surface area contributed by atoms with Gasteiger partial charge in [-0.15, -0.1) is 0 Å². The van der Waals surface area contributed by atoms with E-state index in [-0.39, 0.29) is 12.3 Å². The van der Waals surface area contributed by atoms with Crippen molar-refractivity contribution in [3.8, 4) is 0 Å². The Morgan fingerprint density at radius 3 is 2.53 bits per heavy atom. The molecule has 188 valence electrons. The van der Waals surface area contributed by atoms with Crippen LogP contribution in [0, 0.1) is 5.92 Å². The molecule has 0 aliphatic carbocycles. The third kappa shape index (κ3) is 7.01. The van der Waals surface area contributed by atoms with E-state index >= 15 is 0 Å². The number of rotatable bonds is 12. The van der Waals surface area contributed by atoms with E-state index in [1.165, 1.54) is 11.2 Å². The lowest BCUT2D eigenvalue weighted by Crippen LogP contribution is -2.58. The van der Waals surface area contributed by atoms with E-state index in [0.29, 0.717) is 31.5 Å². The van der Waals surface area contributed by atoms with Gasteiger partial charge in [-0.25, -0.2) is 9.78 Å². The second-order valence-corrected chi connectivity index (χ2v) is 8.45. The quantitative estimate of drug-likeness (QED) is 0.213. The molecule has 1 aliphatic heterocycles. The number of hydrogen-bond acceptors (Lipinski definition) is 7. The number of H-pyrrole nitrogens is 1. The van der Waals surface area contributed by atoms with Crippen LogP contribution in [-0.4, -0.2) is 85.5 Å². The summed E-state index contributed by atoms with van der Waals surface area (Å²) in [7, 11) is 0. The van der Waals surface area contributed by atoms with Gasteiger partial charge in [0.15, 0.2) is 0 Å². The molecule has 13 heteroatoms. The first kappa shape index (κ1) is 26.8. The summed E-state index contributed by atoms with van der Waals surface area (Å²) in [6, 6.07) is -4.45. The zero-order valence-electron chi connectivity index (χ0n) is 19.2. The molecule has 0 radical (unpaired) electrons. The van der Waals surface area contributed by atoms with Gasteiger partial charge in [-0.2, -0.15) is 0 Å². The smallest absolute Gasteiger partial charge is 0.326 e. The molecule has 0 spiro atoms. The Hall–Kier alpha value is -3.48. The first-order valence-corrected chi connectivity index (χ1v) is 11.1. The van der Waals surface area contributed by atoms with Crippen molar-refractivity contribution in [1.29, 1.82) is 0 Å². The van der Waals surface area contributed by atoms with E-state index in [2.05, 4.69) is 20.6 Å². The molecule has 3 amide bonds. The Morgan fingerprint density at radius 1 is 1.26 bits per heavy atom. The van der Waals surface area contributed by atoms with Crippen LogP contribution >= 0.6 is 0 Å². The van der Waals surface area contributed by atoms with Gasteiger partial charge in [-0.05, 0) is 18.8 Å². The predicted octanol–water partition coefficient (Wildman–Crippen LogP) is -1.15. The van der Waals surface area contributed by atoms with Gasteiger partial charge in [0.25, 0.3) is 0 Å². The van der Waals surface area contributed by atoms with Crippen molar-refractivity contribution in [1.82, 2.24) is 25.5 Å². The molecule has 1 saturated heterocycles. The number of carboxylic acids is 2. The molecule has 0 bridgehead atoms. The Balaban J connectivity index is 2.09. The second kappa shape index (κ2) is 12.1. The minimum Gasteiger partial charge on any atom is -0.481 e. The van der Waals surface area contributed by atoms with Gasteiger partial charge in [0.05, 0.1) is 18.8 Å². The summed E-state index contributed by atoms with van der Waals surface area (Å²) in [6.07, 6.45) is 3.91. The fraction of sp³-hybridized carbons (Fsp3) is 0.619. The Morgan fingerprint density at radius 2 is 1.97 bits per heavy atom. The number of aromatic nitrogens is 2. The summed E-state index contributed by atoms with van der Waals surface area (Å²) in [4.78, 5) is 69.2. The molecule has 5 atom stereocenters. The van der Waals surface area contributed by atoms with Crippen LogP contribution in [0.3, 0.4) is 0 Å². The van der Waals surface area contributed by atoms with Crippen LogP contribution in [0.25, 0.3) is 0 Å². The maximum atomic E-state index is 13.1. The van der Waals surface area contributed by atoms with Crippen LogP contribution in [0.4, 0.5) is 0 Å². The lowest BCUT2D eigenvalue weighted by atomic mass is 9.97. The predicted molar refractivity (Wildman–Crippen MR) is 118 cm³/mol. The summed E-state index contributed by atoms with van der Waals surface area (Å²) in [5, 5.41) is 22.9. The zero-order valence-corrected chi connectivity index (χ0v) is 19.2. The van der Waals surface area contributed by atoms with Crippen molar-refractivity contribution < 1.29 is 34.2 Å². The van der Waals surface area contributed by atoms with Crippen LogP contribution in [0.5, 0.6) is 0 Å². The molecule has 7 N–H and O–H groups in total. The number of aliphatic carboxylic acids is 2. The van der Waals surface area contributed by atoms with Crippen molar-refractivity contribution in [3.63, 3.8) is 0 Å². The SMILES string of the molecule is CCC(C)C(NC(=O)C1CCCN1C(=O)C(N)Cc1cnc[nH]1)C(=O)NC(CC(=O)O)C(=O)O. The maximum absolute atomic E-state index is 13.1. The summed E-state index contributed by atoms with van der Waals surface area (Å²) >= 11 is 0. The molecule has 1 fully saturated rings. The number of nitrogens with one attached hydrogen (secondary N) is 3. The molecule has 34 heavy (non-hydrogen) atoms. The molecule has 1 aromatic heterocycles. The lowest BCUT2D eigenvalue weighted by Gasteiger charge is -2.30. The average Bonchev–Trinajstić information content (AvgIpc) is 3.47. The lowest BCUT2D eigenvalue weighted by molar-refractivity contribution is -0.147. The summed E-state index contributed by atoms with van der Waals surface area (Å²) in [6.45, 7) is 3.84. The van der Waals surface area contributed by atoms with E-state index in [1.54, 1.807) is 20.0 Å². The van der Waals surface area contributed by atoms with E-state index in [4.69, 9.17) is 10.8 Å². The fourth-order valence-electron chi connectivity index (χ4n) is 3.82. The topological polar surface area (TPSA) is 208 Å². The highest BCUT2D eigenvalue weighted by molar-refractivity contribution is 5.95. The Bertz CT molecular complexity index is 890. The molecule has 2 rings (SSSR count). The number of imidazole rings is 1. The third-order valence-electron chi connectivity index (χ3n) is 5.94. The van der Waals surface area contributed by atoms with Crippen molar-refractivity contribution in [2.24, 2.45) is 11.7 Å². The van der Waals surface area contributed by atoms with Crippen LogP contribution in [0.1, 0.15) is 45.2 Å². The molecule has 13 nitrogen and oxygen atoms in total. The van der Waals surface area contributed by atoms with Gasteiger partial charge < -0.3 is 36.5 Å². The number of carboxylic acid groups (broad SMARTS) is 2. The largest absolute Gasteiger partial charge is 0.481 e. The third-order valence-corrected chi connectivity index (χ3v) is 5.94. The standard InChI is InChI=1S/C21H32N6O7/c1-3-11(2)17(19(31)25-14(21(33)34)8-16(28)29)26-18(30)15-5-4-6-27(15)20(32)13(22)7-12-9-23-10-24-12/h9-11,13-15,17H,3-8,22H2,1-2H3,(H,23,24)(H,25,31)(H,26,30)(H,28,29)(H,33,34). The monoisotopic (exact) mass is 480 g/mol. The summed E-state index contributed by atoms with van der Waals surface area (Å²) in [5.74, 6) is -5.01. The Kier molecular flexibility index (Phi) is 9.54. The Labute approximate surface area is 196 Å². The van der Waals surface area contributed by atoms with Crippen molar-refractivity contribution in [2.45, 2.75) is 70.1 Å². The van der Waals surface area contributed by atoms with Crippen molar-refractivity contribution >= 4 is 29.7 Å². The van der Waals surface area contributed by atoms with E-state index in [9.17, 15) is 29.1 Å². The van der Waals surface area contributed by atoms with Crippen LogP contribution in [-0.2, 0) is 30.4 Å². The number of nitrogens with two attached hydrogens (primary N) is 1.